The number of ether oxygens (including phenoxy) is 1. The molecule has 8 heteroatoms. The highest BCUT2D eigenvalue weighted by Crippen LogP contribution is 2.35. The number of carboxylic acids is 1. The number of carboxylic acid groups (broad SMARTS) is 1. The summed E-state index contributed by atoms with van der Waals surface area (Å²) in [6.45, 7) is 2.41. The van der Waals surface area contributed by atoms with Gasteiger partial charge in [0, 0.05) is 12.6 Å². The van der Waals surface area contributed by atoms with E-state index in [1.807, 2.05) is 30.3 Å². The van der Waals surface area contributed by atoms with Crippen LogP contribution in [0.15, 0.2) is 89.8 Å². The fraction of sp³-hybridized carbons (Fsp3) is 0.269. The summed E-state index contributed by atoms with van der Waals surface area (Å²) in [7, 11) is -3.67. The van der Waals surface area contributed by atoms with Crippen molar-refractivity contribution < 1.29 is 23.1 Å². The Morgan fingerprint density at radius 3 is 2.24 bits per heavy atom. The second kappa shape index (κ2) is 10.3. The number of carbonyl (C=O) groups is 1. The zero-order valence-corrected chi connectivity index (χ0v) is 19.6. The molecule has 1 aliphatic rings. The first kappa shape index (κ1) is 23.8. The Balaban J connectivity index is 1.31. The van der Waals surface area contributed by atoms with Gasteiger partial charge in [-0.05, 0) is 55.8 Å². The molecule has 0 atom stereocenters. The van der Waals surface area contributed by atoms with Crippen LogP contribution in [0.2, 0.25) is 0 Å². The summed E-state index contributed by atoms with van der Waals surface area (Å²) in [5, 5.41) is 9.94. The van der Waals surface area contributed by atoms with Crippen LogP contribution in [0.25, 0.3) is 0 Å². The fourth-order valence-electron chi connectivity index (χ4n) is 4.30. The number of aliphatic carboxylic acids is 1. The van der Waals surface area contributed by atoms with Gasteiger partial charge in [0.15, 0.2) is 0 Å². The lowest BCUT2D eigenvalue weighted by atomic mass is 9.73. The quantitative estimate of drug-likeness (QED) is 0.481. The molecule has 0 radical (unpaired) electrons. The molecule has 34 heavy (non-hydrogen) atoms. The third-order valence-corrected chi connectivity index (χ3v) is 7.66. The summed E-state index contributed by atoms with van der Waals surface area (Å²) >= 11 is 0. The third kappa shape index (κ3) is 5.40. The van der Waals surface area contributed by atoms with Gasteiger partial charge in [0.25, 0.3) is 10.0 Å². The van der Waals surface area contributed by atoms with E-state index in [9.17, 15) is 18.3 Å². The fourth-order valence-corrected chi connectivity index (χ4v) is 5.37. The zero-order valence-electron chi connectivity index (χ0n) is 18.8. The van der Waals surface area contributed by atoms with Gasteiger partial charge in [-0.1, -0.05) is 54.6 Å². The number of rotatable bonds is 9. The summed E-state index contributed by atoms with van der Waals surface area (Å²) < 4.78 is 33.5. The maximum atomic E-state index is 12.5. The van der Waals surface area contributed by atoms with E-state index in [1.54, 1.807) is 42.5 Å². The molecule has 0 unspecified atom stereocenters. The Morgan fingerprint density at radius 1 is 0.941 bits per heavy atom. The van der Waals surface area contributed by atoms with Gasteiger partial charge in [-0.3, -0.25) is 14.4 Å². The summed E-state index contributed by atoms with van der Waals surface area (Å²) in [5.74, 6) is -0.209. The number of sulfonamides is 1. The van der Waals surface area contributed by atoms with E-state index in [-0.39, 0.29) is 4.90 Å². The molecule has 2 N–H and O–H groups in total. The minimum absolute atomic E-state index is 0.194. The second-order valence-corrected chi connectivity index (χ2v) is 10.1. The molecule has 0 spiro atoms. The number of hydrogen-bond acceptors (Lipinski definition) is 5. The number of benzene rings is 3. The normalized spacial score (nSPS) is 16.0. The van der Waals surface area contributed by atoms with E-state index in [0.29, 0.717) is 50.5 Å². The Hall–Kier alpha value is -3.36. The molecular formula is C26H28N2O5S. The van der Waals surface area contributed by atoms with Crippen molar-refractivity contribution in [3.05, 3.63) is 90.5 Å². The number of anilines is 1. The predicted octanol–water partition coefficient (Wildman–Crippen LogP) is 3.98. The number of hydrogen-bond donors (Lipinski definition) is 2. The summed E-state index contributed by atoms with van der Waals surface area (Å²) in [6, 6.07) is 24.5. The van der Waals surface area contributed by atoms with Crippen molar-refractivity contribution in [1.82, 2.24) is 4.90 Å². The van der Waals surface area contributed by atoms with Crippen molar-refractivity contribution in [1.29, 1.82) is 0 Å². The molecule has 0 bridgehead atoms. The van der Waals surface area contributed by atoms with Gasteiger partial charge in [0.2, 0.25) is 0 Å². The van der Waals surface area contributed by atoms with Gasteiger partial charge in [-0.25, -0.2) is 8.42 Å². The molecule has 1 saturated heterocycles. The first-order valence-corrected chi connectivity index (χ1v) is 12.7. The van der Waals surface area contributed by atoms with Crippen molar-refractivity contribution in [3.63, 3.8) is 0 Å². The standard InChI is InChI=1S/C26H28N2O5S/c29-25(30)26(21-8-3-1-4-9-21)14-16-28(17-15-26)18-19-33-23-11-7-10-22(20-23)27-34(31,32)24-12-5-2-6-13-24/h1-13,20,27H,14-19H2,(H,29,30). The topological polar surface area (TPSA) is 95.9 Å². The number of nitrogens with one attached hydrogen (secondary N) is 1. The van der Waals surface area contributed by atoms with E-state index < -0.39 is 21.4 Å². The minimum atomic E-state index is -3.67. The largest absolute Gasteiger partial charge is 0.492 e. The van der Waals surface area contributed by atoms with Crippen molar-refractivity contribution in [2.45, 2.75) is 23.2 Å². The first-order valence-electron chi connectivity index (χ1n) is 11.2. The monoisotopic (exact) mass is 480 g/mol. The first-order chi connectivity index (χ1) is 16.4. The molecule has 3 aromatic rings. The molecule has 0 aromatic heterocycles. The molecule has 0 saturated carbocycles. The smallest absolute Gasteiger partial charge is 0.314 e. The number of piperidine rings is 1. The van der Waals surface area contributed by atoms with Gasteiger partial charge in [0.1, 0.15) is 12.4 Å². The van der Waals surface area contributed by atoms with Crippen molar-refractivity contribution in [2.75, 3.05) is 31.0 Å². The number of likely N-dealkylation sites (tertiary alicyclic amines) is 1. The van der Waals surface area contributed by atoms with Crippen LogP contribution in [0.5, 0.6) is 5.75 Å². The highest BCUT2D eigenvalue weighted by Gasteiger charge is 2.42. The molecule has 1 heterocycles. The average molecular weight is 481 g/mol. The molecule has 178 valence electrons. The lowest BCUT2D eigenvalue weighted by Crippen LogP contribution is -2.48. The van der Waals surface area contributed by atoms with Crippen LogP contribution >= 0.6 is 0 Å². The Kier molecular flexibility index (Phi) is 7.19. The molecule has 0 aliphatic carbocycles. The Labute approximate surface area is 200 Å². The van der Waals surface area contributed by atoms with Gasteiger partial charge in [-0.15, -0.1) is 0 Å². The van der Waals surface area contributed by atoms with Gasteiger partial charge in [-0.2, -0.15) is 0 Å². The molecule has 3 aromatic carbocycles. The van der Waals surface area contributed by atoms with Crippen LogP contribution in [0.3, 0.4) is 0 Å². The van der Waals surface area contributed by atoms with Gasteiger partial charge >= 0.3 is 5.97 Å². The second-order valence-electron chi connectivity index (χ2n) is 8.39. The van der Waals surface area contributed by atoms with Crippen LogP contribution in [-0.2, 0) is 20.2 Å². The third-order valence-electron chi connectivity index (χ3n) is 6.26. The molecule has 1 fully saturated rings. The van der Waals surface area contributed by atoms with Crippen LogP contribution < -0.4 is 9.46 Å². The van der Waals surface area contributed by atoms with E-state index in [0.717, 1.165) is 5.56 Å². The highest BCUT2D eigenvalue weighted by atomic mass is 32.2. The predicted molar refractivity (Wildman–Crippen MR) is 131 cm³/mol. The van der Waals surface area contributed by atoms with Crippen LogP contribution in [-0.4, -0.2) is 50.6 Å². The summed E-state index contributed by atoms with van der Waals surface area (Å²) in [6.07, 6.45) is 1.09. The van der Waals surface area contributed by atoms with Gasteiger partial charge < -0.3 is 9.84 Å². The minimum Gasteiger partial charge on any atom is -0.492 e. The van der Waals surface area contributed by atoms with Crippen molar-refractivity contribution in [2.24, 2.45) is 0 Å². The van der Waals surface area contributed by atoms with Crippen molar-refractivity contribution >= 4 is 21.7 Å². The number of nitrogens with zero attached hydrogens (tertiary/aromatic N) is 1. The highest BCUT2D eigenvalue weighted by molar-refractivity contribution is 7.92. The van der Waals surface area contributed by atoms with E-state index >= 15 is 0 Å². The van der Waals surface area contributed by atoms with E-state index in [1.165, 1.54) is 12.1 Å². The Morgan fingerprint density at radius 2 is 1.59 bits per heavy atom. The molecule has 0 amide bonds. The van der Waals surface area contributed by atoms with Crippen LogP contribution in [0.4, 0.5) is 5.69 Å². The van der Waals surface area contributed by atoms with Crippen LogP contribution in [0.1, 0.15) is 18.4 Å². The van der Waals surface area contributed by atoms with E-state index in [4.69, 9.17) is 4.74 Å². The summed E-state index contributed by atoms with van der Waals surface area (Å²) in [5.41, 5.74) is 0.435. The lowest BCUT2D eigenvalue weighted by molar-refractivity contribution is -0.146. The van der Waals surface area contributed by atoms with Crippen molar-refractivity contribution in [3.8, 4) is 5.75 Å². The van der Waals surface area contributed by atoms with E-state index in [2.05, 4.69) is 9.62 Å². The molecule has 4 rings (SSSR count). The molecular weight excluding hydrogens is 452 g/mol. The maximum Gasteiger partial charge on any atom is 0.314 e. The SMILES string of the molecule is O=C(O)C1(c2ccccc2)CCN(CCOc2cccc(NS(=O)(=O)c3ccccc3)c2)CC1. The lowest BCUT2D eigenvalue weighted by Gasteiger charge is -2.39. The summed E-state index contributed by atoms with van der Waals surface area (Å²) in [4.78, 5) is 14.5. The maximum absolute atomic E-state index is 12.5. The molecule has 1 aliphatic heterocycles. The Bertz CT molecular complexity index is 1210. The van der Waals surface area contributed by atoms with Crippen LogP contribution in [0, 0.1) is 0 Å². The average Bonchev–Trinajstić information content (AvgIpc) is 2.85. The van der Waals surface area contributed by atoms with Gasteiger partial charge in [0.05, 0.1) is 16.0 Å². The zero-order chi connectivity index (χ0) is 24.0. The molecule has 7 nitrogen and oxygen atoms in total.